The van der Waals surface area contributed by atoms with Gasteiger partial charge in [-0.2, -0.15) is 0 Å². The van der Waals surface area contributed by atoms with Crippen molar-refractivity contribution in [1.82, 2.24) is 10.2 Å². The molecule has 0 amide bonds. The number of nitrogens with zero attached hydrogens (tertiary/aromatic N) is 1. The Morgan fingerprint density at radius 2 is 1.94 bits per heavy atom. The lowest BCUT2D eigenvalue weighted by molar-refractivity contribution is -0.0738. The summed E-state index contributed by atoms with van der Waals surface area (Å²) in [6.07, 6.45) is 4.92. The summed E-state index contributed by atoms with van der Waals surface area (Å²) in [5.74, 6) is 0. The lowest BCUT2D eigenvalue weighted by Gasteiger charge is -2.50. The first-order chi connectivity index (χ1) is 8.01. The van der Waals surface area contributed by atoms with E-state index in [1.54, 1.807) is 0 Å². The molecule has 0 bridgehead atoms. The van der Waals surface area contributed by atoms with Gasteiger partial charge in [-0.3, -0.25) is 4.90 Å². The minimum Gasteiger partial charge on any atom is -0.392 e. The molecule has 1 heterocycles. The predicted octanol–water partition coefficient (Wildman–Crippen LogP) is 1.61. The van der Waals surface area contributed by atoms with E-state index >= 15 is 0 Å². The van der Waals surface area contributed by atoms with Crippen LogP contribution in [-0.2, 0) is 0 Å². The predicted molar refractivity (Wildman–Crippen MR) is 71.1 cm³/mol. The van der Waals surface area contributed by atoms with Crippen LogP contribution in [-0.4, -0.2) is 47.8 Å². The van der Waals surface area contributed by atoms with Crippen LogP contribution in [0.1, 0.15) is 46.5 Å². The highest BCUT2D eigenvalue weighted by Gasteiger charge is 2.46. The maximum atomic E-state index is 9.71. The molecule has 17 heavy (non-hydrogen) atoms. The largest absolute Gasteiger partial charge is 0.392 e. The van der Waals surface area contributed by atoms with Gasteiger partial charge in [0.05, 0.1) is 6.10 Å². The smallest absolute Gasteiger partial charge is 0.0621 e. The van der Waals surface area contributed by atoms with Gasteiger partial charge in [-0.25, -0.2) is 0 Å². The molecule has 0 aromatic rings. The quantitative estimate of drug-likeness (QED) is 0.783. The fourth-order valence-electron chi connectivity index (χ4n) is 3.05. The molecule has 0 radical (unpaired) electrons. The standard InChI is InChI=1S/C14H28N2O/c1-11(16-7-5-4-6-8-16)10-15-12-9-13(17)14(12,2)3/h11-13,15,17H,4-10H2,1-3H3. The van der Waals surface area contributed by atoms with Crippen molar-refractivity contribution in [2.75, 3.05) is 19.6 Å². The van der Waals surface area contributed by atoms with Gasteiger partial charge in [-0.1, -0.05) is 20.3 Å². The first-order valence-corrected chi connectivity index (χ1v) is 7.17. The monoisotopic (exact) mass is 240 g/mol. The first kappa shape index (κ1) is 13.3. The summed E-state index contributed by atoms with van der Waals surface area (Å²) >= 11 is 0. The lowest BCUT2D eigenvalue weighted by atomic mass is 9.64. The summed E-state index contributed by atoms with van der Waals surface area (Å²) in [5.41, 5.74) is 0.0572. The number of hydrogen-bond acceptors (Lipinski definition) is 3. The molecule has 1 saturated heterocycles. The summed E-state index contributed by atoms with van der Waals surface area (Å²) < 4.78 is 0. The third kappa shape index (κ3) is 2.83. The Morgan fingerprint density at radius 1 is 1.29 bits per heavy atom. The van der Waals surface area contributed by atoms with Gasteiger partial charge in [0.15, 0.2) is 0 Å². The van der Waals surface area contributed by atoms with Crippen LogP contribution in [0.5, 0.6) is 0 Å². The Labute approximate surface area is 106 Å². The molecule has 1 saturated carbocycles. The Hall–Kier alpha value is -0.120. The fourth-order valence-corrected chi connectivity index (χ4v) is 3.05. The van der Waals surface area contributed by atoms with Gasteiger partial charge < -0.3 is 10.4 Å². The van der Waals surface area contributed by atoms with Crippen LogP contribution in [0.3, 0.4) is 0 Å². The normalized spacial score (nSPS) is 35.3. The maximum absolute atomic E-state index is 9.71. The van der Waals surface area contributed by atoms with Crippen LogP contribution in [0.4, 0.5) is 0 Å². The average molecular weight is 240 g/mol. The van der Waals surface area contributed by atoms with Crippen molar-refractivity contribution in [3.05, 3.63) is 0 Å². The van der Waals surface area contributed by atoms with Crippen LogP contribution in [0.15, 0.2) is 0 Å². The highest BCUT2D eigenvalue weighted by atomic mass is 16.3. The number of rotatable bonds is 4. The van der Waals surface area contributed by atoms with Crippen LogP contribution in [0.25, 0.3) is 0 Å². The van der Waals surface area contributed by atoms with E-state index in [0.717, 1.165) is 13.0 Å². The topological polar surface area (TPSA) is 35.5 Å². The van der Waals surface area contributed by atoms with Crippen LogP contribution < -0.4 is 5.32 Å². The van der Waals surface area contributed by atoms with Gasteiger partial charge in [-0.05, 0) is 39.3 Å². The molecule has 2 fully saturated rings. The Kier molecular flexibility index (Phi) is 4.11. The third-order valence-corrected chi connectivity index (χ3v) is 4.89. The molecule has 3 heteroatoms. The van der Waals surface area contributed by atoms with Crippen LogP contribution in [0.2, 0.25) is 0 Å². The van der Waals surface area contributed by atoms with E-state index in [0.29, 0.717) is 12.1 Å². The van der Waals surface area contributed by atoms with Crippen molar-refractivity contribution >= 4 is 0 Å². The Balaban J connectivity index is 1.71. The third-order valence-electron chi connectivity index (χ3n) is 4.89. The first-order valence-electron chi connectivity index (χ1n) is 7.17. The second-order valence-corrected chi connectivity index (χ2v) is 6.48. The molecular weight excluding hydrogens is 212 g/mol. The highest BCUT2D eigenvalue weighted by Crippen LogP contribution is 2.40. The zero-order valence-electron chi connectivity index (χ0n) is 11.6. The van der Waals surface area contributed by atoms with E-state index in [4.69, 9.17) is 0 Å². The van der Waals surface area contributed by atoms with Gasteiger partial charge in [0, 0.05) is 24.0 Å². The number of likely N-dealkylation sites (tertiary alicyclic amines) is 1. The van der Waals surface area contributed by atoms with Crippen molar-refractivity contribution in [1.29, 1.82) is 0 Å². The van der Waals surface area contributed by atoms with Gasteiger partial charge in [0.2, 0.25) is 0 Å². The zero-order chi connectivity index (χ0) is 12.5. The molecule has 2 N–H and O–H groups in total. The highest BCUT2D eigenvalue weighted by molar-refractivity contribution is 5.01. The lowest BCUT2D eigenvalue weighted by Crippen LogP contribution is -2.61. The van der Waals surface area contributed by atoms with Crippen molar-refractivity contribution in [2.45, 2.75) is 64.6 Å². The SMILES string of the molecule is CC(CNC1CC(O)C1(C)C)N1CCCCC1. The summed E-state index contributed by atoms with van der Waals surface area (Å²) in [6.45, 7) is 10.2. The Morgan fingerprint density at radius 3 is 2.47 bits per heavy atom. The number of aliphatic hydroxyl groups excluding tert-OH is 1. The molecule has 2 rings (SSSR count). The van der Waals surface area contributed by atoms with Gasteiger partial charge in [0.25, 0.3) is 0 Å². The molecular formula is C14H28N2O. The molecule has 100 valence electrons. The number of hydrogen-bond donors (Lipinski definition) is 2. The van der Waals surface area contributed by atoms with E-state index < -0.39 is 0 Å². The molecule has 0 aromatic heterocycles. The van der Waals surface area contributed by atoms with E-state index in [1.807, 2.05) is 0 Å². The van der Waals surface area contributed by atoms with Crippen molar-refractivity contribution in [2.24, 2.45) is 5.41 Å². The molecule has 0 spiro atoms. The Bertz CT molecular complexity index is 249. The molecule has 1 aliphatic heterocycles. The molecule has 0 aromatic carbocycles. The fraction of sp³-hybridized carbons (Fsp3) is 1.00. The van der Waals surface area contributed by atoms with Crippen molar-refractivity contribution < 1.29 is 5.11 Å². The second-order valence-electron chi connectivity index (χ2n) is 6.48. The number of piperidine rings is 1. The number of nitrogens with one attached hydrogen (secondary N) is 1. The molecule has 3 atom stereocenters. The molecule has 3 unspecified atom stereocenters. The van der Waals surface area contributed by atoms with Crippen LogP contribution in [0, 0.1) is 5.41 Å². The average Bonchev–Trinajstić information content (AvgIpc) is 2.35. The van der Waals surface area contributed by atoms with Gasteiger partial charge >= 0.3 is 0 Å². The van der Waals surface area contributed by atoms with E-state index in [9.17, 15) is 5.11 Å². The summed E-state index contributed by atoms with van der Waals surface area (Å²) in [5, 5.41) is 13.3. The minimum absolute atomic E-state index is 0.0572. The molecule has 3 nitrogen and oxygen atoms in total. The summed E-state index contributed by atoms with van der Waals surface area (Å²) in [7, 11) is 0. The van der Waals surface area contributed by atoms with Gasteiger partial charge in [0.1, 0.15) is 0 Å². The van der Waals surface area contributed by atoms with E-state index in [1.165, 1.54) is 32.4 Å². The van der Waals surface area contributed by atoms with E-state index in [2.05, 4.69) is 31.0 Å². The number of aliphatic hydroxyl groups is 1. The minimum atomic E-state index is -0.120. The van der Waals surface area contributed by atoms with Gasteiger partial charge in [-0.15, -0.1) is 0 Å². The zero-order valence-corrected chi connectivity index (χ0v) is 11.6. The van der Waals surface area contributed by atoms with Crippen molar-refractivity contribution in [3.8, 4) is 0 Å². The summed E-state index contributed by atoms with van der Waals surface area (Å²) in [6, 6.07) is 1.12. The van der Waals surface area contributed by atoms with E-state index in [-0.39, 0.29) is 11.5 Å². The second kappa shape index (κ2) is 5.25. The van der Waals surface area contributed by atoms with Crippen LogP contribution >= 0.6 is 0 Å². The maximum Gasteiger partial charge on any atom is 0.0621 e. The molecule has 2 aliphatic rings. The summed E-state index contributed by atoms with van der Waals surface area (Å²) in [4.78, 5) is 2.60. The molecule has 1 aliphatic carbocycles. The van der Waals surface area contributed by atoms with Crippen molar-refractivity contribution in [3.63, 3.8) is 0 Å².